The number of rotatable bonds is 2. The summed E-state index contributed by atoms with van der Waals surface area (Å²) in [5.74, 6) is 0. The van der Waals surface area contributed by atoms with Crippen molar-refractivity contribution in [3.05, 3.63) is 47.5 Å². The van der Waals surface area contributed by atoms with E-state index >= 15 is 0 Å². The lowest BCUT2D eigenvalue weighted by Crippen LogP contribution is -2.51. The Morgan fingerprint density at radius 2 is 1.90 bits per heavy atom. The van der Waals surface area contributed by atoms with Crippen LogP contribution in [-0.2, 0) is 6.54 Å². The van der Waals surface area contributed by atoms with Crippen LogP contribution in [0.3, 0.4) is 0 Å². The highest BCUT2D eigenvalue weighted by Gasteiger charge is 2.48. The summed E-state index contributed by atoms with van der Waals surface area (Å²) in [4.78, 5) is 2.53. The molecule has 1 heterocycles. The molecule has 21 heavy (non-hydrogen) atoms. The van der Waals surface area contributed by atoms with Gasteiger partial charge in [0, 0.05) is 30.5 Å². The van der Waals surface area contributed by atoms with E-state index in [4.69, 9.17) is 0 Å². The predicted octanol–water partition coefficient (Wildman–Crippen LogP) is 3.62. The summed E-state index contributed by atoms with van der Waals surface area (Å²) >= 11 is 0. The highest BCUT2D eigenvalue weighted by molar-refractivity contribution is 5.29. The van der Waals surface area contributed by atoms with Crippen LogP contribution < -0.4 is 0 Å². The number of hydrogen-bond acceptors (Lipinski definition) is 2. The van der Waals surface area contributed by atoms with E-state index in [-0.39, 0.29) is 16.9 Å². The maximum atomic E-state index is 10.3. The van der Waals surface area contributed by atoms with E-state index in [1.54, 1.807) is 0 Å². The Balaban J connectivity index is 1.80. The molecule has 0 aromatic heterocycles. The summed E-state index contributed by atoms with van der Waals surface area (Å²) in [5, 5.41) is 10.3. The Hall–Kier alpha value is -1.12. The van der Waals surface area contributed by atoms with Gasteiger partial charge < -0.3 is 5.11 Å². The van der Waals surface area contributed by atoms with Gasteiger partial charge in [0.25, 0.3) is 0 Å². The lowest BCUT2D eigenvalue weighted by atomic mass is 9.58. The molecule has 1 fully saturated rings. The van der Waals surface area contributed by atoms with Crippen molar-refractivity contribution in [2.75, 3.05) is 13.1 Å². The van der Waals surface area contributed by atoms with Crippen molar-refractivity contribution < 1.29 is 5.11 Å². The minimum Gasteiger partial charge on any atom is -0.392 e. The van der Waals surface area contributed by atoms with Crippen LogP contribution in [0.1, 0.15) is 39.2 Å². The Morgan fingerprint density at radius 1 is 1.19 bits per heavy atom. The van der Waals surface area contributed by atoms with Crippen molar-refractivity contribution in [1.82, 2.24) is 4.90 Å². The highest BCUT2D eigenvalue weighted by Crippen LogP contribution is 2.52. The molecule has 1 aliphatic carbocycles. The minimum absolute atomic E-state index is 0.0775. The van der Waals surface area contributed by atoms with E-state index in [1.165, 1.54) is 11.1 Å². The van der Waals surface area contributed by atoms with Gasteiger partial charge in [-0.1, -0.05) is 62.8 Å². The molecule has 0 spiro atoms. The Labute approximate surface area is 128 Å². The van der Waals surface area contributed by atoms with Crippen LogP contribution in [0.2, 0.25) is 0 Å². The standard InChI is InChI=1S/C19H27NO/c1-18(2)16-10-12-20(13-15-7-5-4-6-8-15)14-19(16,3)11-9-17(18)21/h4-8,10,17,21H,9,11-14H2,1-3H3/t17-,19+/m0/s1. The van der Waals surface area contributed by atoms with Crippen LogP contribution in [-0.4, -0.2) is 29.2 Å². The van der Waals surface area contributed by atoms with Gasteiger partial charge in [-0.2, -0.15) is 0 Å². The fourth-order valence-electron chi connectivity index (χ4n) is 4.32. The van der Waals surface area contributed by atoms with Crippen molar-refractivity contribution in [2.45, 2.75) is 46.3 Å². The summed E-state index contributed by atoms with van der Waals surface area (Å²) < 4.78 is 0. The van der Waals surface area contributed by atoms with Gasteiger partial charge in [-0.3, -0.25) is 4.90 Å². The van der Waals surface area contributed by atoms with E-state index in [9.17, 15) is 5.11 Å². The summed E-state index contributed by atoms with van der Waals surface area (Å²) in [6.07, 6.45) is 4.20. The van der Waals surface area contributed by atoms with Crippen LogP contribution >= 0.6 is 0 Å². The Bertz CT molecular complexity index is 534. The van der Waals surface area contributed by atoms with Crippen LogP contribution in [0, 0.1) is 10.8 Å². The number of nitrogens with zero attached hydrogens (tertiary/aromatic N) is 1. The van der Waals surface area contributed by atoms with E-state index in [1.807, 2.05) is 0 Å². The van der Waals surface area contributed by atoms with E-state index in [0.717, 1.165) is 32.5 Å². The third-order valence-electron chi connectivity index (χ3n) is 5.52. The van der Waals surface area contributed by atoms with Crippen LogP contribution in [0.5, 0.6) is 0 Å². The van der Waals surface area contributed by atoms with Crippen LogP contribution in [0.15, 0.2) is 42.0 Å². The molecule has 1 saturated carbocycles. The van der Waals surface area contributed by atoms with Gasteiger partial charge in [0.15, 0.2) is 0 Å². The fourth-order valence-corrected chi connectivity index (χ4v) is 4.32. The third-order valence-corrected chi connectivity index (χ3v) is 5.52. The second-order valence-corrected chi connectivity index (χ2v) is 7.61. The normalized spacial score (nSPS) is 32.4. The van der Waals surface area contributed by atoms with Crippen molar-refractivity contribution in [3.8, 4) is 0 Å². The van der Waals surface area contributed by atoms with Gasteiger partial charge in [0.2, 0.25) is 0 Å². The maximum Gasteiger partial charge on any atom is 0.0628 e. The monoisotopic (exact) mass is 285 g/mol. The van der Waals surface area contributed by atoms with Crippen molar-refractivity contribution in [1.29, 1.82) is 0 Å². The zero-order chi connectivity index (χ0) is 15.1. The molecule has 2 aliphatic rings. The van der Waals surface area contributed by atoms with Crippen molar-refractivity contribution in [3.63, 3.8) is 0 Å². The molecule has 0 unspecified atom stereocenters. The second-order valence-electron chi connectivity index (χ2n) is 7.61. The van der Waals surface area contributed by atoms with E-state index in [2.05, 4.69) is 62.1 Å². The van der Waals surface area contributed by atoms with Gasteiger partial charge in [0.1, 0.15) is 0 Å². The number of benzene rings is 1. The van der Waals surface area contributed by atoms with E-state index in [0.29, 0.717) is 0 Å². The first-order chi connectivity index (χ1) is 9.92. The minimum atomic E-state index is -0.197. The van der Waals surface area contributed by atoms with Crippen LogP contribution in [0.25, 0.3) is 0 Å². The fraction of sp³-hybridized carbons (Fsp3) is 0.579. The number of hydrogen-bond donors (Lipinski definition) is 1. The quantitative estimate of drug-likeness (QED) is 0.839. The predicted molar refractivity (Wildman–Crippen MR) is 86.9 cm³/mol. The first-order valence-corrected chi connectivity index (χ1v) is 8.07. The molecule has 1 aromatic rings. The summed E-state index contributed by atoms with van der Waals surface area (Å²) in [6, 6.07) is 10.7. The molecule has 1 N–H and O–H groups in total. The topological polar surface area (TPSA) is 23.5 Å². The van der Waals surface area contributed by atoms with Gasteiger partial charge >= 0.3 is 0 Å². The summed E-state index contributed by atoms with van der Waals surface area (Å²) in [6.45, 7) is 9.90. The number of aliphatic hydroxyl groups excluding tert-OH is 1. The third kappa shape index (κ3) is 2.67. The molecule has 1 aliphatic heterocycles. The summed E-state index contributed by atoms with van der Waals surface area (Å²) in [7, 11) is 0. The van der Waals surface area contributed by atoms with Crippen molar-refractivity contribution in [2.24, 2.45) is 10.8 Å². The molecule has 0 saturated heterocycles. The summed E-state index contributed by atoms with van der Waals surface area (Å²) in [5.41, 5.74) is 2.99. The molecular formula is C19H27NO. The van der Waals surface area contributed by atoms with Gasteiger partial charge in [0.05, 0.1) is 6.10 Å². The molecule has 3 rings (SSSR count). The maximum absolute atomic E-state index is 10.3. The molecule has 0 amide bonds. The first-order valence-electron chi connectivity index (χ1n) is 8.07. The zero-order valence-electron chi connectivity index (χ0n) is 13.5. The SMILES string of the molecule is CC1(C)C2=CCN(Cc3ccccc3)C[C@@]2(C)CC[C@@H]1O. The highest BCUT2D eigenvalue weighted by atomic mass is 16.3. The zero-order valence-corrected chi connectivity index (χ0v) is 13.5. The average molecular weight is 285 g/mol. The number of fused-ring (bicyclic) bond motifs is 1. The molecule has 0 bridgehead atoms. The van der Waals surface area contributed by atoms with Crippen molar-refractivity contribution >= 4 is 0 Å². The lowest BCUT2D eigenvalue weighted by molar-refractivity contribution is -0.00257. The van der Waals surface area contributed by atoms with E-state index < -0.39 is 0 Å². The molecule has 2 heteroatoms. The first kappa shape index (κ1) is 14.8. The Morgan fingerprint density at radius 3 is 2.62 bits per heavy atom. The average Bonchev–Trinajstić information content (AvgIpc) is 2.44. The second kappa shape index (κ2) is 5.26. The van der Waals surface area contributed by atoms with Gasteiger partial charge in [-0.15, -0.1) is 0 Å². The molecule has 2 nitrogen and oxygen atoms in total. The molecular weight excluding hydrogens is 258 g/mol. The van der Waals surface area contributed by atoms with Gasteiger partial charge in [-0.25, -0.2) is 0 Å². The largest absolute Gasteiger partial charge is 0.392 e. The molecule has 114 valence electrons. The van der Waals surface area contributed by atoms with Gasteiger partial charge in [-0.05, 0) is 18.4 Å². The molecule has 2 atom stereocenters. The smallest absolute Gasteiger partial charge is 0.0628 e. The van der Waals surface area contributed by atoms with Crippen LogP contribution in [0.4, 0.5) is 0 Å². The lowest BCUT2D eigenvalue weighted by Gasteiger charge is -2.52. The molecule has 1 aromatic carbocycles. The Kier molecular flexibility index (Phi) is 3.71. The number of aliphatic hydroxyl groups is 1. The molecule has 0 radical (unpaired) electrons.